The van der Waals surface area contributed by atoms with Crippen LogP contribution in [0.25, 0.3) is 11.1 Å². The minimum Gasteiger partial charge on any atom is -0.347 e. The molecule has 6 N–H and O–H groups in total. The van der Waals surface area contributed by atoms with Gasteiger partial charge in [-0.15, -0.1) is 0 Å². The van der Waals surface area contributed by atoms with Crippen molar-refractivity contribution in [3.05, 3.63) is 58.7 Å². The third-order valence-corrected chi connectivity index (χ3v) is 16.6. The van der Waals surface area contributed by atoms with Crippen LogP contribution in [0.15, 0.2) is 36.4 Å². The number of nitrogens with one attached hydrogen (secondary N) is 6. The van der Waals surface area contributed by atoms with E-state index in [1.807, 2.05) is 0 Å². The Labute approximate surface area is 404 Å². The van der Waals surface area contributed by atoms with Gasteiger partial charge in [0.1, 0.15) is 24.2 Å². The topological polar surface area (TPSA) is 181 Å². The first-order valence-corrected chi connectivity index (χ1v) is 26.4. The van der Waals surface area contributed by atoms with Crippen LogP contribution in [0.4, 0.5) is 0 Å². The largest absolute Gasteiger partial charge is 0.347 e. The number of benzene rings is 2. The molecule has 4 aliphatic carbocycles. The molecular weight excluding hydrogens is 857 g/mol. The number of fused-ring (bicyclic) bond motifs is 2. The SMILES string of the molecule is CN[C@@H](C)C(=O)NC(C(=O)N1CCC[C@H]1C(=O)N[C@@H]1CCCc2c(-c3cccc4c3CCC[C@H]4NC(=O)[C@@H]3CCCN3C(=O)[C@@H](NC(=O)[C@H](C)NC)C3CCCCC3)cccc21)C1CCCCC1. The van der Waals surface area contributed by atoms with E-state index < -0.39 is 36.3 Å². The number of rotatable bonds is 15. The second-order valence-corrected chi connectivity index (χ2v) is 20.8. The van der Waals surface area contributed by atoms with Crippen LogP contribution in [0.3, 0.4) is 0 Å². The average molecular weight is 935 g/mol. The molecule has 14 nitrogen and oxygen atoms in total. The molecule has 2 saturated heterocycles. The Hall–Kier alpha value is -4.82. The summed E-state index contributed by atoms with van der Waals surface area (Å²) in [5, 5.41) is 19.0. The molecule has 8 atom stereocenters. The number of hydrogen-bond acceptors (Lipinski definition) is 8. The predicted octanol–water partition coefficient (Wildman–Crippen LogP) is 5.67. The lowest BCUT2D eigenvalue weighted by Gasteiger charge is -2.36. The molecule has 68 heavy (non-hydrogen) atoms. The van der Waals surface area contributed by atoms with Gasteiger partial charge in [0.2, 0.25) is 35.4 Å². The van der Waals surface area contributed by atoms with E-state index in [1.54, 1.807) is 37.7 Å². The molecule has 0 radical (unpaired) electrons. The maximum Gasteiger partial charge on any atom is 0.246 e. The molecule has 8 rings (SSSR count). The molecular formula is C54H78N8O6. The van der Waals surface area contributed by atoms with Crippen molar-refractivity contribution in [2.75, 3.05) is 27.2 Å². The van der Waals surface area contributed by atoms with Crippen molar-refractivity contribution >= 4 is 35.4 Å². The van der Waals surface area contributed by atoms with Crippen LogP contribution in [-0.4, -0.2) is 109 Å². The van der Waals surface area contributed by atoms with Crippen molar-refractivity contribution in [3.63, 3.8) is 0 Å². The van der Waals surface area contributed by atoms with Gasteiger partial charge in [-0.05, 0) is 163 Å². The molecule has 1 unspecified atom stereocenters. The smallest absolute Gasteiger partial charge is 0.246 e. The average Bonchev–Trinajstić information content (AvgIpc) is 4.08. The van der Waals surface area contributed by atoms with Crippen molar-refractivity contribution in [2.45, 2.75) is 191 Å². The van der Waals surface area contributed by atoms with Gasteiger partial charge in [-0.3, -0.25) is 28.8 Å². The minimum atomic E-state index is -0.645. The molecule has 2 saturated carbocycles. The molecule has 14 heteroatoms. The standard InChI is InChI=1S/C54H78N8O6/c1-33(55-3)49(63)59-47(35-17-7-5-8-18-35)53(67)61-31-15-29-45(61)51(65)57-43-27-13-23-39-37(21-11-25-41(39)43)38-22-12-26-42-40(38)24-14-28-44(42)58-52(66)46-30-16-32-62(46)54(68)48(36-19-9-6-10-20-36)60-50(64)34(2)56-4/h11-12,21-22,25-26,33-36,43-48,55-56H,5-10,13-20,23-24,27-32H2,1-4H3,(H,57,65)(H,58,66)(H,59,63)(H,60,64)/t33-,34-,43+,44+,45-,46-,47-,48?/m0/s1. The number of nitrogens with zero attached hydrogens (tertiary/aromatic N) is 2. The second-order valence-electron chi connectivity index (χ2n) is 20.8. The minimum absolute atomic E-state index is 0.0544. The first-order chi connectivity index (χ1) is 33.0. The third-order valence-electron chi connectivity index (χ3n) is 16.6. The van der Waals surface area contributed by atoms with Gasteiger partial charge in [-0.2, -0.15) is 0 Å². The van der Waals surface area contributed by atoms with Gasteiger partial charge in [0, 0.05) is 13.1 Å². The first kappa shape index (κ1) is 49.6. The normalized spacial score (nSPS) is 25.0. The number of carbonyl (C=O) groups excluding carboxylic acids is 6. The lowest BCUT2D eigenvalue weighted by molar-refractivity contribution is -0.143. The summed E-state index contributed by atoms with van der Waals surface area (Å²) in [7, 11) is 3.48. The molecule has 0 spiro atoms. The Morgan fingerprint density at radius 2 is 0.897 bits per heavy atom. The summed E-state index contributed by atoms with van der Waals surface area (Å²) in [6, 6.07) is 9.09. The van der Waals surface area contributed by atoms with E-state index in [-0.39, 0.29) is 59.4 Å². The van der Waals surface area contributed by atoms with Crippen LogP contribution in [0.2, 0.25) is 0 Å². The predicted molar refractivity (Wildman–Crippen MR) is 263 cm³/mol. The van der Waals surface area contributed by atoms with E-state index in [9.17, 15) is 28.8 Å². The summed E-state index contributed by atoms with van der Waals surface area (Å²) in [6.07, 6.45) is 17.8. The summed E-state index contributed by atoms with van der Waals surface area (Å²) < 4.78 is 0. The molecule has 2 aromatic rings. The summed E-state index contributed by atoms with van der Waals surface area (Å²) >= 11 is 0. The summed E-state index contributed by atoms with van der Waals surface area (Å²) in [4.78, 5) is 87.2. The zero-order valence-electron chi connectivity index (χ0n) is 41.1. The fraction of sp³-hybridized carbons (Fsp3) is 0.667. The molecule has 2 aromatic carbocycles. The first-order valence-electron chi connectivity index (χ1n) is 26.4. The van der Waals surface area contributed by atoms with Crippen molar-refractivity contribution in [3.8, 4) is 11.1 Å². The number of likely N-dealkylation sites (tertiary alicyclic amines) is 2. The van der Waals surface area contributed by atoms with E-state index in [0.29, 0.717) is 25.9 Å². The molecule has 0 aromatic heterocycles. The van der Waals surface area contributed by atoms with Crippen LogP contribution in [-0.2, 0) is 41.6 Å². The number of amides is 6. The Morgan fingerprint density at radius 3 is 1.28 bits per heavy atom. The van der Waals surface area contributed by atoms with Gasteiger partial charge in [-0.1, -0.05) is 74.9 Å². The lowest BCUT2D eigenvalue weighted by atomic mass is 9.78. The summed E-state index contributed by atoms with van der Waals surface area (Å²) in [5.74, 6) is -0.830. The molecule has 4 fully saturated rings. The Kier molecular flexibility index (Phi) is 16.6. The van der Waals surface area contributed by atoms with Crippen LogP contribution in [0, 0.1) is 11.8 Å². The van der Waals surface area contributed by atoms with Gasteiger partial charge in [0.25, 0.3) is 0 Å². The highest BCUT2D eigenvalue weighted by Crippen LogP contribution is 2.42. The molecule has 6 amide bonds. The van der Waals surface area contributed by atoms with Crippen LogP contribution in [0.5, 0.6) is 0 Å². The Morgan fingerprint density at radius 1 is 0.500 bits per heavy atom. The van der Waals surface area contributed by atoms with E-state index >= 15 is 0 Å². The van der Waals surface area contributed by atoms with Gasteiger partial charge >= 0.3 is 0 Å². The van der Waals surface area contributed by atoms with Gasteiger partial charge in [0.05, 0.1) is 24.2 Å². The monoisotopic (exact) mass is 935 g/mol. The third kappa shape index (κ3) is 10.8. The summed E-state index contributed by atoms with van der Waals surface area (Å²) in [6.45, 7) is 4.58. The quantitative estimate of drug-likeness (QED) is 0.132. The molecule has 370 valence electrons. The van der Waals surface area contributed by atoms with Gasteiger partial charge in [0.15, 0.2) is 0 Å². The number of carbonyl (C=O) groups is 6. The zero-order chi connectivity index (χ0) is 47.9. The van der Waals surface area contributed by atoms with Gasteiger partial charge < -0.3 is 41.7 Å². The molecule has 0 bridgehead atoms. The maximum absolute atomic E-state index is 14.4. The Balaban J connectivity index is 0.970. The molecule has 6 aliphatic rings. The van der Waals surface area contributed by atoms with Crippen molar-refractivity contribution in [1.29, 1.82) is 0 Å². The molecule has 2 heterocycles. The lowest BCUT2D eigenvalue weighted by Crippen LogP contribution is -2.58. The van der Waals surface area contributed by atoms with E-state index in [2.05, 4.69) is 68.3 Å². The van der Waals surface area contributed by atoms with E-state index in [4.69, 9.17) is 0 Å². The highest BCUT2D eigenvalue weighted by molar-refractivity contribution is 5.95. The summed E-state index contributed by atoms with van der Waals surface area (Å²) in [5.41, 5.74) is 6.98. The second kappa shape index (κ2) is 22.7. The fourth-order valence-electron chi connectivity index (χ4n) is 12.5. The van der Waals surface area contributed by atoms with Crippen molar-refractivity contribution < 1.29 is 28.8 Å². The molecule has 2 aliphatic heterocycles. The van der Waals surface area contributed by atoms with Gasteiger partial charge in [-0.25, -0.2) is 0 Å². The zero-order valence-corrected chi connectivity index (χ0v) is 41.1. The highest BCUT2D eigenvalue weighted by Gasteiger charge is 2.44. The highest BCUT2D eigenvalue weighted by atomic mass is 16.2. The maximum atomic E-state index is 14.4. The number of hydrogen-bond donors (Lipinski definition) is 6. The Bertz CT molecular complexity index is 2000. The van der Waals surface area contributed by atoms with Crippen LogP contribution < -0.4 is 31.9 Å². The van der Waals surface area contributed by atoms with Crippen LogP contribution >= 0.6 is 0 Å². The van der Waals surface area contributed by atoms with E-state index in [1.165, 1.54) is 11.1 Å². The van der Waals surface area contributed by atoms with Crippen LogP contribution in [0.1, 0.15) is 164 Å². The fourth-order valence-corrected chi connectivity index (χ4v) is 12.5. The van der Waals surface area contributed by atoms with Crippen molar-refractivity contribution in [2.24, 2.45) is 11.8 Å². The number of likely N-dealkylation sites (N-methyl/N-ethyl adjacent to an activating group) is 2. The van der Waals surface area contributed by atoms with Crippen molar-refractivity contribution in [1.82, 2.24) is 41.7 Å². The van der Waals surface area contributed by atoms with E-state index in [0.717, 1.165) is 138 Å².